The van der Waals surface area contributed by atoms with Crippen molar-refractivity contribution in [1.82, 2.24) is 9.88 Å². The molecular formula is C20H21ClFN3O3S. The van der Waals surface area contributed by atoms with Crippen LogP contribution in [-0.4, -0.2) is 56.1 Å². The third-order valence-corrected chi connectivity index (χ3v) is 5.18. The summed E-state index contributed by atoms with van der Waals surface area (Å²) in [6, 6.07) is 10.6. The molecule has 0 aliphatic heterocycles. The summed E-state index contributed by atoms with van der Waals surface area (Å²) < 4.78 is 18.9. The Morgan fingerprint density at radius 2 is 1.72 bits per heavy atom. The number of thiazole rings is 1. The molecule has 29 heavy (non-hydrogen) atoms. The summed E-state index contributed by atoms with van der Waals surface area (Å²) in [7, 11) is 5.14. The number of hydrogen-bond acceptors (Lipinski definition) is 6. The van der Waals surface area contributed by atoms with Crippen LogP contribution >= 0.6 is 23.7 Å². The average Bonchev–Trinajstić information content (AvgIpc) is 3.10. The van der Waals surface area contributed by atoms with E-state index in [0.717, 1.165) is 0 Å². The van der Waals surface area contributed by atoms with Crippen molar-refractivity contribution in [2.75, 3.05) is 39.2 Å². The second-order valence-electron chi connectivity index (χ2n) is 6.44. The van der Waals surface area contributed by atoms with E-state index >= 15 is 0 Å². The van der Waals surface area contributed by atoms with E-state index in [9.17, 15) is 14.0 Å². The Bertz CT molecular complexity index is 1010. The zero-order valence-corrected chi connectivity index (χ0v) is 17.8. The predicted octanol–water partition coefficient (Wildman–Crippen LogP) is 3.85. The number of nitrogens with zero attached hydrogens (tertiary/aromatic N) is 3. The molecule has 0 atom stereocenters. The molecule has 0 unspecified atom stereocenters. The van der Waals surface area contributed by atoms with Crippen molar-refractivity contribution >= 4 is 51.0 Å². The Hall–Kier alpha value is -2.55. The van der Waals surface area contributed by atoms with Gasteiger partial charge in [-0.05, 0) is 56.6 Å². The van der Waals surface area contributed by atoms with Crippen LogP contribution in [0.5, 0.6) is 0 Å². The highest BCUT2D eigenvalue weighted by molar-refractivity contribution is 7.22. The molecule has 6 nitrogen and oxygen atoms in total. The van der Waals surface area contributed by atoms with Crippen LogP contribution in [-0.2, 0) is 4.74 Å². The molecule has 0 aliphatic carbocycles. The first-order chi connectivity index (χ1) is 13.4. The van der Waals surface area contributed by atoms with Crippen molar-refractivity contribution in [3.8, 4) is 0 Å². The number of carbonyl (C=O) groups excluding carboxylic acids is 2. The lowest BCUT2D eigenvalue weighted by Gasteiger charge is -2.22. The van der Waals surface area contributed by atoms with Gasteiger partial charge in [-0.1, -0.05) is 11.3 Å². The Balaban J connectivity index is 0.00000300. The number of aromatic nitrogens is 1. The molecule has 0 N–H and O–H groups in total. The number of rotatable bonds is 6. The number of halogens is 2. The van der Waals surface area contributed by atoms with E-state index in [1.54, 1.807) is 35.2 Å². The maximum absolute atomic E-state index is 13.5. The molecule has 0 spiro atoms. The minimum absolute atomic E-state index is 0. The number of ether oxygens (including phenoxy) is 1. The number of hydrogen-bond donors (Lipinski definition) is 0. The molecule has 154 valence electrons. The van der Waals surface area contributed by atoms with Gasteiger partial charge in [0.2, 0.25) is 0 Å². The van der Waals surface area contributed by atoms with Gasteiger partial charge in [0.05, 0.1) is 22.9 Å². The zero-order chi connectivity index (χ0) is 20.3. The fourth-order valence-electron chi connectivity index (χ4n) is 2.61. The highest BCUT2D eigenvalue weighted by atomic mass is 35.5. The number of methoxy groups -OCH3 is 1. The molecule has 2 aromatic carbocycles. The monoisotopic (exact) mass is 437 g/mol. The first kappa shape index (κ1) is 22.7. The van der Waals surface area contributed by atoms with Crippen LogP contribution in [0.4, 0.5) is 9.52 Å². The fourth-order valence-corrected chi connectivity index (χ4v) is 3.62. The highest BCUT2D eigenvalue weighted by Gasteiger charge is 2.22. The second-order valence-corrected chi connectivity index (χ2v) is 7.45. The first-order valence-corrected chi connectivity index (χ1v) is 9.42. The van der Waals surface area contributed by atoms with Crippen LogP contribution < -0.4 is 4.90 Å². The van der Waals surface area contributed by atoms with Crippen molar-refractivity contribution in [2.24, 2.45) is 0 Å². The standard InChI is InChI=1S/C20H20FN3O3S.ClH/c1-23(2)10-11-24(20-22-16-9-8-15(21)12-17(16)28-20)18(25)13-4-6-14(7-5-13)19(26)27-3;/h4-9,12H,10-11H2,1-3H3;1H. The molecule has 3 aromatic rings. The van der Waals surface area contributed by atoms with Gasteiger partial charge in [0.25, 0.3) is 5.91 Å². The summed E-state index contributed by atoms with van der Waals surface area (Å²) in [6.45, 7) is 1.06. The van der Waals surface area contributed by atoms with Gasteiger partial charge in [-0.3, -0.25) is 9.69 Å². The summed E-state index contributed by atoms with van der Waals surface area (Å²) in [4.78, 5) is 32.8. The Morgan fingerprint density at radius 3 is 2.34 bits per heavy atom. The topological polar surface area (TPSA) is 62.7 Å². The third kappa shape index (κ3) is 5.29. The fraction of sp³-hybridized carbons (Fsp3) is 0.250. The average molecular weight is 438 g/mol. The molecule has 1 heterocycles. The molecule has 0 saturated heterocycles. The molecule has 0 radical (unpaired) electrons. The Labute approximate surface area is 178 Å². The van der Waals surface area contributed by atoms with Gasteiger partial charge in [-0.15, -0.1) is 12.4 Å². The predicted molar refractivity (Wildman–Crippen MR) is 115 cm³/mol. The van der Waals surface area contributed by atoms with Gasteiger partial charge >= 0.3 is 5.97 Å². The lowest BCUT2D eigenvalue weighted by Crippen LogP contribution is -2.36. The van der Waals surface area contributed by atoms with Crippen LogP contribution in [0.3, 0.4) is 0 Å². The van der Waals surface area contributed by atoms with Crippen LogP contribution in [0.15, 0.2) is 42.5 Å². The van der Waals surface area contributed by atoms with Crippen LogP contribution in [0.2, 0.25) is 0 Å². The van der Waals surface area contributed by atoms with Crippen LogP contribution in [0, 0.1) is 5.82 Å². The molecule has 0 bridgehead atoms. The summed E-state index contributed by atoms with van der Waals surface area (Å²) >= 11 is 1.27. The van der Waals surface area contributed by atoms with E-state index in [0.29, 0.717) is 39.6 Å². The number of anilines is 1. The van der Waals surface area contributed by atoms with Crippen molar-refractivity contribution in [3.05, 3.63) is 59.4 Å². The third-order valence-electron chi connectivity index (χ3n) is 4.14. The smallest absolute Gasteiger partial charge is 0.337 e. The van der Waals surface area contributed by atoms with Gasteiger partial charge < -0.3 is 9.64 Å². The SMILES string of the molecule is COC(=O)c1ccc(C(=O)N(CCN(C)C)c2nc3ccc(F)cc3s2)cc1.Cl. The lowest BCUT2D eigenvalue weighted by molar-refractivity contribution is 0.0600. The number of likely N-dealkylation sites (N-methyl/N-ethyl adjacent to an activating group) is 1. The largest absolute Gasteiger partial charge is 0.465 e. The molecule has 0 saturated carbocycles. The molecule has 0 aliphatic rings. The number of esters is 1. The number of benzene rings is 2. The lowest BCUT2D eigenvalue weighted by atomic mass is 10.1. The number of fused-ring (bicyclic) bond motifs is 1. The van der Waals surface area contributed by atoms with Crippen LogP contribution in [0.25, 0.3) is 10.2 Å². The maximum atomic E-state index is 13.5. The molecule has 0 fully saturated rings. The zero-order valence-electron chi connectivity index (χ0n) is 16.2. The second kappa shape index (κ2) is 9.78. The summed E-state index contributed by atoms with van der Waals surface area (Å²) in [5.41, 5.74) is 1.44. The van der Waals surface area contributed by atoms with E-state index in [1.165, 1.54) is 30.6 Å². The van der Waals surface area contributed by atoms with Crippen molar-refractivity contribution in [2.45, 2.75) is 0 Å². The number of carbonyl (C=O) groups is 2. The Morgan fingerprint density at radius 1 is 1.07 bits per heavy atom. The first-order valence-electron chi connectivity index (χ1n) is 8.60. The van der Waals surface area contributed by atoms with E-state index in [-0.39, 0.29) is 24.1 Å². The van der Waals surface area contributed by atoms with E-state index in [4.69, 9.17) is 0 Å². The van der Waals surface area contributed by atoms with Crippen molar-refractivity contribution in [1.29, 1.82) is 0 Å². The van der Waals surface area contributed by atoms with Gasteiger partial charge in [-0.25, -0.2) is 14.2 Å². The van der Waals surface area contributed by atoms with Gasteiger partial charge in [0.1, 0.15) is 5.82 Å². The van der Waals surface area contributed by atoms with Crippen molar-refractivity contribution < 1.29 is 18.7 Å². The van der Waals surface area contributed by atoms with Gasteiger partial charge in [0.15, 0.2) is 5.13 Å². The van der Waals surface area contributed by atoms with E-state index < -0.39 is 5.97 Å². The van der Waals surface area contributed by atoms with Crippen molar-refractivity contribution in [3.63, 3.8) is 0 Å². The molecule has 3 rings (SSSR count). The summed E-state index contributed by atoms with van der Waals surface area (Å²) in [5.74, 6) is -1.04. The summed E-state index contributed by atoms with van der Waals surface area (Å²) in [6.07, 6.45) is 0. The van der Waals surface area contributed by atoms with E-state index in [1.807, 2.05) is 19.0 Å². The highest BCUT2D eigenvalue weighted by Crippen LogP contribution is 2.30. The molecule has 1 aromatic heterocycles. The minimum atomic E-state index is -0.461. The van der Waals surface area contributed by atoms with Gasteiger partial charge in [-0.2, -0.15) is 0 Å². The molecule has 9 heteroatoms. The minimum Gasteiger partial charge on any atom is -0.465 e. The Kier molecular flexibility index (Phi) is 7.66. The summed E-state index contributed by atoms with van der Waals surface area (Å²) in [5, 5.41) is 0.504. The normalized spacial score (nSPS) is 10.7. The van der Waals surface area contributed by atoms with Crippen LogP contribution in [0.1, 0.15) is 20.7 Å². The molecule has 1 amide bonds. The van der Waals surface area contributed by atoms with E-state index in [2.05, 4.69) is 9.72 Å². The maximum Gasteiger partial charge on any atom is 0.337 e. The number of amides is 1. The quantitative estimate of drug-likeness (QED) is 0.548. The van der Waals surface area contributed by atoms with Gasteiger partial charge in [0, 0.05) is 18.7 Å². The molecular weight excluding hydrogens is 417 g/mol.